The summed E-state index contributed by atoms with van der Waals surface area (Å²) in [4.78, 5) is 0. The molecule has 1 aromatic carbocycles. The van der Waals surface area contributed by atoms with Gasteiger partial charge in [-0.2, -0.15) is 0 Å². The molecule has 1 saturated carbocycles. The molecule has 1 aromatic rings. The smallest absolute Gasteiger partial charge is 0.0638 e. The molecule has 0 bridgehead atoms. The number of hydrogen-bond donors (Lipinski definition) is 1. The van der Waals surface area contributed by atoms with Gasteiger partial charge in [-0.15, -0.1) is 0 Å². The highest BCUT2D eigenvalue weighted by atomic mass is 127. The highest BCUT2D eigenvalue weighted by molar-refractivity contribution is 14.1. The Bertz CT molecular complexity index is 340. The predicted octanol–water partition coefficient (Wildman–Crippen LogP) is 4.16. The zero-order valence-electron chi connectivity index (χ0n) is 8.06. The Balaban J connectivity index is 2.11. The lowest BCUT2D eigenvalue weighted by molar-refractivity contribution is 0.303. The van der Waals surface area contributed by atoms with Crippen molar-refractivity contribution in [2.24, 2.45) is 5.92 Å². The third kappa shape index (κ3) is 2.16. The van der Waals surface area contributed by atoms with Gasteiger partial charge in [0.1, 0.15) is 0 Å². The minimum atomic E-state index is 0.616. The van der Waals surface area contributed by atoms with Crippen LogP contribution in [0.25, 0.3) is 0 Å². The second kappa shape index (κ2) is 4.27. The lowest BCUT2D eigenvalue weighted by Crippen LogP contribution is -2.36. The molecule has 76 valence electrons. The molecule has 1 aliphatic rings. The summed E-state index contributed by atoms with van der Waals surface area (Å²) in [5.41, 5.74) is 1.08. The summed E-state index contributed by atoms with van der Waals surface area (Å²) in [7, 11) is 0. The largest absolute Gasteiger partial charge is 0.381 e. The molecular weight excluding hydrogens is 308 g/mol. The fourth-order valence-corrected chi connectivity index (χ4v) is 2.35. The van der Waals surface area contributed by atoms with Crippen LogP contribution in [0, 0.1) is 9.49 Å². The third-order valence-corrected chi connectivity index (χ3v) is 3.89. The van der Waals surface area contributed by atoms with Gasteiger partial charge in [0.15, 0.2) is 0 Å². The quantitative estimate of drug-likeness (QED) is 0.807. The Morgan fingerprint density at radius 1 is 1.43 bits per heavy atom. The number of halogens is 2. The number of rotatable bonds is 2. The van der Waals surface area contributed by atoms with Crippen molar-refractivity contribution < 1.29 is 0 Å². The molecule has 2 atom stereocenters. The summed E-state index contributed by atoms with van der Waals surface area (Å²) >= 11 is 8.41. The van der Waals surface area contributed by atoms with Gasteiger partial charge in [-0.3, -0.25) is 0 Å². The SMILES string of the molecule is CC1CCC1Nc1cc(I)ccc1Cl. The Labute approximate surface area is 103 Å². The molecule has 14 heavy (non-hydrogen) atoms. The van der Waals surface area contributed by atoms with Crippen molar-refractivity contribution in [1.82, 2.24) is 0 Å². The molecule has 0 aliphatic heterocycles. The van der Waals surface area contributed by atoms with Crippen LogP contribution < -0.4 is 5.32 Å². The van der Waals surface area contributed by atoms with Crippen molar-refractivity contribution in [1.29, 1.82) is 0 Å². The molecule has 0 heterocycles. The molecule has 0 radical (unpaired) electrons. The number of hydrogen-bond acceptors (Lipinski definition) is 1. The van der Waals surface area contributed by atoms with E-state index in [1.54, 1.807) is 0 Å². The zero-order chi connectivity index (χ0) is 10.1. The van der Waals surface area contributed by atoms with E-state index in [1.807, 2.05) is 12.1 Å². The van der Waals surface area contributed by atoms with Crippen LogP contribution in [0.15, 0.2) is 18.2 Å². The summed E-state index contributed by atoms with van der Waals surface area (Å²) in [6.07, 6.45) is 2.60. The molecule has 1 N–H and O–H groups in total. The monoisotopic (exact) mass is 321 g/mol. The van der Waals surface area contributed by atoms with E-state index in [-0.39, 0.29) is 0 Å². The normalized spacial score (nSPS) is 25.6. The average molecular weight is 322 g/mol. The van der Waals surface area contributed by atoms with Gasteiger partial charge in [0.05, 0.1) is 10.7 Å². The number of nitrogens with one attached hydrogen (secondary N) is 1. The lowest BCUT2D eigenvalue weighted by Gasteiger charge is -2.35. The van der Waals surface area contributed by atoms with E-state index >= 15 is 0 Å². The highest BCUT2D eigenvalue weighted by Crippen LogP contribution is 2.32. The third-order valence-electron chi connectivity index (χ3n) is 2.89. The van der Waals surface area contributed by atoms with Gasteiger partial charge < -0.3 is 5.32 Å². The first-order chi connectivity index (χ1) is 6.66. The Morgan fingerprint density at radius 3 is 2.79 bits per heavy atom. The molecule has 1 nitrogen and oxygen atoms in total. The Hall–Kier alpha value is 0.0400. The summed E-state index contributed by atoms with van der Waals surface area (Å²) in [6.45, 7) is 2.28. The first-order valence-corrected chi connectivity index (χ1v) is 6.34. The van der Waals surface area contributed by atoms with E-state index < -0.39 is 0 Å². The van der Waals surface area contributed by atoms with Crippen molar-refractivity contribution >= 4 is 39.9 Å². The molecule has 0 amide bonds. The van der Waals surface area contributed by atoms with Crippen LogP contribution in [0.3, 0.4) is 0 Å². The van der Waals surface area contributed by atoms with Crippen molar-refractivity contribution in [3.8, 4) is 0 Å². The van der Waals surface area contributed by atoms with E-state index in [2.05, 4.69) is 40.9 Å². The van der Waals surface area contributed by atoms with Crippen LogP contribution in [0.1, 0.15) is 19.8 Å². The van der Waals surface area contributed by atoms with Crippen LogP contribution >= 0.6 is 34.2 Å². The molecule has 0 saturated heterocycles. The molecule has 1 aliphatic carbocycles. The maximum absolute atomic E-state index is 6.10. The molecule has 2 rings (SSSR count). The van der Waals surface area contributed by atoms with Gasteiger partial charge in [0.25, 0.3) is 0 Å². The summed E-state index contributed by atoms with van der Waals surface area (Å²) in [5, 5.41) is 4.32. The Morgan fingerprint density at radius 2 is 2.21 bits per heavy atom. The number of anilines is 1. The fourth-order valence-electron chi connectivity index (χ4n) is 1.69. The zero-order valence-corrected chi connectivity index (χ0v) is 11.0. The summed E-state index contributed by atoms with van der Waals surface area (Å²) < 4.78 is 1.22. The minimum Gasteiger partial charge on any atom is -0.381 e. The first-order valence-electron chi connectivity index (χ1n) is 4.88. The van der Waals surface area contributed by atoms with Gasteiger partial charge in [-0.05, 0) is 59.5 Å². The Kier molecular flexibility index (Phi) is 3.22. The second-order valence-electron chi connectivity index (χ2n) is 3.93. The van der Waals surface area contributed by atoms with Gasteiger partial charge in [0, 0.05) is 9.61 Å². The van der Waals surface area contributed by atoms with Crippen LogP contribution in [-0.4, -0.2) is 6.04 Å². The van der Waals surface area contributed by atoms with E-state index in [0.717, 1.165) is 16.6 Å². The van der Waals surface area contributed by atoms with Crippen LogP contribution in [0.5, 0.6) is 0 Å². The minimum absolute atomic E-state index is 0.616. The van der Waals surface area contributed by atoms with Gasteiger partial charge in [-0.1, -0.05) is 18.5 Å². The van der Waals surface area contributed by atoms with E-state index in [0.29, 0.717) is 6.04 Å². The topological polar surface area (TPSA) is 12.0 Å². The highest BCUT2D eigenvalue weighted by Gasteiger charge is 2.26. The molecular formula is C11H13ClIN. The summed E-state index contributed by atoms with van der Waals surface area (Å²) in [5.74, 6) is 0.781. The maximum atomic E-state index is 6.10. The first kappa shape index (κ1) is 10.6. The van der Waals surface area contributed by atoms with Gasteiger partial charge in [-0.25, -0.2) is 0 Å². The predicted molar refractivity (Wildman–Crippen MR) is 70.0 cm³/mol. The molecule has 0 aromatic heterocycles. The van der Waals surface area contributed by atoms with Crippen molar-refractivity contribution in [3.63, 3.8) is 0 Å². The fraction of sp³-hybridized carbons (Fsp3) is 0.455. The van der Waals surface area contributed by atoms with Crippen molar-refractivity contribution in [2.75, 3.05) is 5.32 Å². The molecule has 0 spiro atoms. The molecule has 2 unspecified atom stereocenters. The van der Waals surface area contributed by atoms with Gasteiger partial charge in [0.2, 0.25) is 0 Å². The van der Waals surface area contributed by atoms with Crippen molar-refractivity contribution in [2.45, 2.75) is 25.8 Å². The van der Waals surface area contributed by atoms with Gasteiger partial charge >= 0.3 is 0 Å². The standard InChI is InChI=1S/C11H13ClIN/c1-7-2-5-10(7)14-11-6-8(13)3-4-9(11)12/h3-4,6-7,10,14H,2,5H2,1H3. The van der Waals surface area contributed by atoms with Crippen LogP contribution in [0.2, 0.25) is 5.02 Å². The van der Waals surface area contributed by atoms with Crippen LogP contribution in [-0.2, 0) is 0 Å². The lowest BCUT2D eigenvalue weighted by atomic mass is 9.81. The van der Waals surface area contributed by atoms with E-state index in [4.69, 9.17) is 11.6 Å². The van der Waals surface area contributed by atoms with Crippen LogP contribution in [0.4, 0.5) is 5.69 Å². The summed E-state index contributed by atoms with van der Waals surface area (Å²) in [6, 6.07) is 6.70. The number of benzene rings is 1. The molecule has 1 fully saturated rings. The maximum Gasteiger partial charge on any atom is 0.0638 e. The van der Waals surface area contributed by atoms with Crippen molar-refractivity contribution in [3.05, 3.63) is 26.8 Å². The average Bonchev–Trinajstić information content (AvgIpc) is 2.17. The van der Waals surface area contributed by atoms with E-state index in [1.165, 1.54) is 16.4 Å². The second-order valence-corrected chi connectivity index (χ2v) is 5.58. The van der Waals surface area contributed by atoms with E-state index in [9.17, 15) is 0 Å². The molecule has 3 heteroatoms.